The van der Waals surface area contributed by atoms with Crippen LogP contribution < -0.4 is 0 Å². The average Bonchev–Trinajstić information content (AvgIpc) is 3.24. The van der Waals surface area contributed by atoms with Gasteiger partial charge < -0.3 is 14.1 Å². The predicted octanol–water partition coefficient (Wildman–Crippen LogP) is 3.70. The second kappa shape index (κ2) is 7.64. The molecule has 0 N–H and O–H groups in total. The zero-order valence-corrected chi connectivity index (χ0v) is 15.1. The Hall–Kier alpha value is -1.43. The molecule has 0 spiro atoms. The molecule has 2 aliphatic rings. The molecule has 1 saturated carbocycles. The number of hydrogen-bond acceptors (Lipinski definition) is 5. The molecule has 1 saturated heterocycles. The molecule has 132 valence electrons. The maximum absolute atomic E-state index is 13.0. The number of ether oxygens (including phenoxy) is 1. The summed E-state index contributed by atoms with van der Waals surface area (Å²) in [5, 5.41) is 0.0348. The molecular weight excluding hydrogens is 326 g/mol. The van der Waals surface area contributed by atoms with Gasteiger partial charge in [0.05, 0.1) is 17.7 Å². The van der Waals surface area contributed by atoms with Crippen LogP contribution in [0.1, 0.15) is 56.5 Å². The molecule has 3 rings (SSSR count). The third-order valence-electron chi connectivity index (χ3n) is 4.68. The van der Waals surface area contributed by atoms with Gasteiger partial charge in [0.15, 0.2) is 5.76 Å². The van der Waals surface area contributed by atoms with Crippen molar-refractivity contribution < 1.29 is 18.7 Å². The Morgan fingerprint density at radius 2 is 2.04 bits per heavy atom. The van der Waals surface area contributed by atoms with Gasteiger partial charge in [-0.2, -0.15) is 0 Å². The number of nitrogens with zero attached hydrogens (tertiary/aromatic N) is 1. The number of furan rings is 1. The minimum Gasteiger partial charge on any atom is -0.461 e. The summed E-state index contributed by atoms with van der Waals surface area (Å²) in [5.41, 5.74) is 0. The highest BCUT2D eigenvalue weighted by Gasteiger charge is 2.46. The number of carbonyl (C=O) groups is 2. The molecule has 0 bridgehead atoms. The zero-order valence-electron chi connectivity index (χ0n) is 14.3. The molecule has 1 aliphatic heterocycles. The molecule has 6 heteroatoms. The van der Waals surface area contributed by atoms with Crippen molar-refractivity contribution in [3.8, 4) is 0 Å². The van der Waals surface area contributed by atoms with Crippen molar-refractivity contribution in [2.75, 3.05) is 5.75 Å². The first-order chi connectivity index (χ1) is 11.6. The summed E-state index contributed by atoms with van der Waals surface area (Å²) in [5.74, 6) is 0.821. The predicted molar refractivity (Wildman–Crippen MR) is 92.7 cm³/mol. The monoisotopic (exact) mass is 351 g/mol. The van der Waals surface area contributed by atoms with Gasteiger partial charge in [-0.1, -0.05) is 19.3 Å². The van der Waals surface area contributed by atoms with Crippen molar-refractivity contribution in [1.82, 2.24) is 4.90 Å². The lowest BCUT2D eigenvalue weighted by Crippen LogP contribution is -2.49. The Balaban J connectivity index is 1.83. The van der Waals surface area contributed by atoms with Crippen LogP contribution in [0.5, 0.6) is 0 Å². The van der Waals surface area contributed by atoms with Crippen LogP contribution in [0.25, 0.3) is 0 Å². The summed E-state index contributed by atoms with van der Waals surface area (Å²) in [7, 11) is 0. The summed E-state index contributed by atoms with van der Waals surface area (Å²) < 4.78 is 10.7. The van der Waals surface area contributed by atoms with Crippen LogP contribution in [0.4, 0.5) is 0 Å². The average molecular weight is 351 g/mol. The number of esters is 1. The fraction of sp³-hybridized carbons (Fsp3) is 0.667. The Morgan fingerprint density at radius 3 is 2.67 bits per heavy atom. The van der Waals surface area contributed by atoms with Gasteiger partial charge in [0.25, 0.3) is 5.91 Å². The third kappa shape index (κ3) is 3.63. The van der Waals surface area contributed by atoms with Crippen LogP contribution in [0, 0.1) is 5.92 Å². The quantitative estimate of drug-likeness (QED) is 0.774. The van der Waals surface area contributed by atoms with E-state index in [4.69, 9.17) is 9.15 Å². The van der Waals surface area contributed by atoms with Gasteiger partial charge in [-0.05, 0) is 44.7 Å². The molecule has 2 atom stereocenters. The van der Waals surface area contributed by atoms with Gasteiger partial charge in [0.2, 0.25) is 0 Å². The molecule has 0 unspecified atom stereocenters. The third-order valence-corrected chi connectivity index (χ3v) is 6.14. The fourth-order valence-electron chi connectivity index (χ4n) is 3.59. The van der Waals surface area contributed by atoms with E-state index < -0.39 is 6.04 Å². The van der Waals surface area contributed by atoms with Gasteiger partial charge >= 0.3 is 5.97 Å². The van der Waals surface area contributed by atoms with Gasteiger partial charge in [0, 0.05) is 5.75 Å². The lowest BCUT2D eigenvalue weighted by Gasteiger charge is -2.34. The smallest absolute Gasteiger partial charge is 0.330 e. The fourth-order valence-corrected chi connectivity index (χ4v) is 5.21. The largest absolute Gasteiger partial charge is 0.461 e. The molecule has 5 nitrogen and oxygen atoms in total. The van der Waals surface area contributed by atoms with Crippen LogP contribution in [-0.4, -0.2) is 40.0 Å². The topological polar surface area (TPSA) is 59.8 Å². The van der Waals surface area contributed by atoms with Crippen LogP contribution in [0.3, 0.4) is 0 Å². The summed E-state index contributed by atoms with van der Waals surface area (Å²) in [4.78, 5) is 27.2. The Kier molecular flexibility index (Phi) is 5.54. The molecule has 24 heavy (non-hydrogen) atoms. The second-order valence-electron chi connectivity index (χ2n) is 6.81. The van der Waals surface area contributed by atoms with Crippen LogP contribution in [0.15, 0.2) is 22.8 Å². The van der Waals surface area contributed by atoms with Gasteiger partial charge in [-0.3, -0.25) is 4.79 Å². The summed E-state index contributed by atoms with van der Waals surface area (Å²) in [6, 6.07) is 2.84. The van der Waals surface area contributed by atoms with E-state index in [9.17, 15) is 9.59 Å². The highest BCUT2D eigenvalue weighted by Crippen LogP contribution is 2.41. The first-order valence-electron chi connectivity index (χ1n) is 8.76. The SMILES string of the molecule is CC(C)OC(=O)[C@@H]1CS[C@@H](C2CCCCC2)N1C(=O)c1ccco1. The van der Waals surface area contributed by atoms with Gasteiger partial charge in [-0.25, -0.2) is 4.79 Å². The number of rotatable bonds is 4. The Morgan fingerprint density at radius 1 is 1.29 bits per heavy atom. The minimum absolute atomic E-state index is 0.0348. The van der Waals surface area contributed by atoms with Crippen molar-refractivity contribution in [3.05, 3.63) is 24.2 Å². The standard InChI is InChI=1S/C18H25NO4S/c1-12(2)23-18(21)14-11-24-17(13-7-4-3-5-8-13)19(14)16(20)15-9-6-10-22-15/h6,9-10,12-14,17H,3-5,7-8,11H2,1-2H3/t14-,17-/m0/s1. The van der Waals surface area contributed by atoms with E-state index >= 15 is 0 Å². The lowest BCUT2D eigenvalue weighted by atomic mass is 9.88. The van der Waals surface area contributed by atoms with E-state index in [-0.39, 0.29) is 23.4 Å². The zero-order chi connectivity index (χ0) is 17.1. The lowest BCUT2D eigenvalue weighted by molar-refractivity contribution is -0.152. The number of hydrogen-bond donors (Lipinski definition) is 0. The van der Waals surface area contributed by atoms with Crippen LogP contribution in [0.2, 0.25) is 0 Å². The maximum atomic E-state index is 13.0. The molecule has 0 radical (unpaired) electrons. The minimum atomic E-state index is -0.526. The van der Waals surface area contributed by atoms with Crippen molar-refractivity contribution in [3.63, 3.8) is 0 Å². The summed E-state index contributed by atoms with van der Waals surface area (Å²) >= 11 is 1.71. The van der Waals surface area contributed by atoms with Gasteiger partial charge in [-0.15, -0.1) is 11.8 Å². The number of thioether (sulfide) groups is 1. The molecular formula is C18H25NO4S. The number of amides is 1. The van der Waals surface area contributed by atoms with E-state index in [2.05, 4.69) is 0 Å². The molecule has 1 amide bonds. The molecule has 2 fully saturated rings. The van der Waals surface area contributed by atoms with Crippen molar-refractivity contribution in [2.45, 2.75) is 63.5 Å². The van der Waals surface area contributed by atoms with E-state index in [1.165, 1.54) is 25.5 Å². The first kappa shape index (κ1) is 17.4. The van der Waals surface area contributed by atoms with E-state index in [1.807, 2.05) is 13.8 Å². The van der Waals surface area contributed by atoms with E-state index in [1.54, 1.807) is 28.8 Å². The Labute approximate surface area is 147 Å². The van der Waals surface area contributed by atoms with Crippen molar-refractivity contribution in [1.29, 1.82) is 0 Å². The Bertz CT molecular complexity index is 566. The molecule has 0 aromatic carbocycles. The van der Waals surface area contributed by atoms with E-state index in [0.29, 0.717) is 17.4 Å². The molecule has 1 aromatic rings. The molecule has 2 heterocycles. The number of carbonyl (C=O) groups excluding carboxylic acids is 2. The summed E-state index contributed by atoms with van der Waals surface area (Å²) in [6.45, 7) is 3.66. The first-order valence-corrected chi connectivity index (χ1v) is 9.81. The van der Waals surface area contributed by atoms with Gasteiger partial charge in [0.1, 0.15) is 6.04 Å². The second-order valence-corrected chi connectivity index (χ2v) is 7.96. The normalized spacial score (nSPS) is 25.2. The van der Waals surface area contributed by atoms with E-state index in [0.717, 1.165) is 12.8 Å². The molecule has 1 aliphatic carbocycles. The molecule has 1 aromatic heterocycles. The van der Waals surface area contributed by atoms with Crippen molar-refractivity contribution in [2.24, 2.45) is 5.92 Å². The summed E-state index contributed by atoms with van der Waals surface area (Å²) in [6.07, 6.45) is 7.21. The highest BCUT2D eigenvalue weighted by atomic mass is 32.2. The highest BCUT2D eigenvalue weighted by molar-refractivity contribution is 8.00. The maximum Gasteiger partial charge on any atom is 0.330 e. The van der Waals surface area contributed by atoms with Crippen molar-refractivity contribution >= 4 is 23.6 Å². The van der Waals surface area contributed by atoms with Crippen LogP contribution >= 0.6 is 11.8 Å². The van der Waals surface area contributed by atoms with Crippen LogP contribution in [-0.2, 0) is 9.53 Å².